The predicted octanol–water partition coefficient (Wildman–Crippen LogP) is 3.53. The summed E-state index contributed by atoms with van der Waals surface area (Å²) in [5.41, 5.74) is 2.07. The summed E-state index contributed by atoms with van der Waals surface area (Å²) in [4.78, 5) is 12.1. The molecule has 0 radical (unpaired) electrons. The van der Waals surface area contributed by atoms with Crippen molar-refractivity contribution >= 4 is 11.6 Å². The third kappa shape index (κ3) is 4.81. The largest absolute Gasteiger partial charge is 0.497 e. The topological polar surface area (TPSA) is 42.2 Å². The molecule has 23 heavy (non-hydrogen) atoms. The van der Waals surface area contributed by atoms with Gasteiger partial charge in [-0.05, 0) is 36.5 Å². The molecule has 2 rings (SSSR count). The molecule has 1 N–H and O–H groups in total. The number of amides is 1. The second-order valence-electron chi connectivity index (χ2n) is 5.60. The highest BCUT2D eigenvalue weighted by Gasteiger charge is 2.12. The van der Waals surface area contributed by atoms with Gasteiger partial charge in [-0.25, -0.2) is 0 Å². The zero-order valence-corrected chi connectivity index (χ0v) is 14.1. The number of hydrogen-bond donors (Lipinski definition) is 1. The number of anilines is 1. The van der Waals surface area contributed by atoms with E-state index in [-0.39, 0.29) is 5.91 Å². The van der Waals surface area contributed by atoms with Crippen molar-refractivity contribution in [3.05, 3.63) is 54.4 Å². The van der Waals surface area contributed by atoms with Crippen LogP contribution in [0.15, 0.2) is 48.8 Å². The van der Waals surface area contributed by atoms with Crippen LogP contribution in [0.3, 0.4) is 0 Å². The molecule has 0 saturated heterocycles. The highest BCUT2D eigenvalue weighted by Crippen LogP contribution is 2.21. The molecule has 1 aromatic carbocycles. The molecule has 0 saturated carbocycles. The van der Waals surface area contributed by atoms with Gasteiger partial charge in [-0.15, -0.1) is 0 Å². The number of methoxy groups -OCH3 is 1. The van der Waals surface area contributed by atoms with Crippen LogP contribution in [0.5, 0.6) is 5.75 Å². The normalized spacial score (nSPS) is 10.6. The zero-order chi connectivity index (χ0) is 16.7. The Balaban J connectivity index is 1.97. The van der Waals surface area contributed by atoms with E-state index in [0.29, 0.717) is 12.5 Å². The number of rotatable bonds is 7. The van der Waals surface area contributed by atoms with E-state index in [1.807, 2.05) is 35.2 Å². The van der Waals surface area contributed by atoms with E-state index >= 15 is 0 Å². The number of nitrogens with zero attached hydrogens (tertiary/aromatic N) is 1. The summed E-state index contributed by atoms with van der Waals surface area (Å²) in [6.07, 6.45) is 6.21. The number of carbonyl (C=O) groups excluding carboxylic acids is 1. The van der Waals surface area contributed by atoms with Crippen LogP contribution < -0.4 is 14.6 Å². The number of hydrogen-bond acceptors (Lipinski definition) is 2. The van der Waals surface area contributed by atoms with Gasteiger partial charge in [-0.3, -0.25) is 4.79 Å². The van der Waals surface area contributed by atoms with E-state index in [9.17, 15) is 4.79 Å². The van der Waals surface area contributed by atoms with Crippen LogP contribution in [-0.2, 0) is 11.3 Å². The fourth-order valence-corrected chi connectivity index (χ4v) is 2.67. The molecule has 4 heteroatoms. The fraction of sp³-hybridized carbons (Fsp3) is 0.368. The molecule has 0 atom stereocenters. The van der Waals surface area contributed by atoms with Gasteiger partial charge in [-0.1, -0.05) is 19.9 Å². The van der Waals surface area contributed by atoms with E-state index in [1.54, 1.807) is 13.2 Å². The number of carbonyl (C=O) groups is 1. The molecule has 0 bridgehead atoms. The SMILES string of the molecule is CCC(CC)c1cc[n+](CC(=O)Nc2cccc(OC)c2)cc1. The summed E-state index contributed by atoms with van der Waals surface area (Å²) >= 11 is 0. The van der Waals surface area contributed by atoms with Gasteiger partial charge < -0.3 is 10.1 Å². The summed E-state index contributed by atoms with van der Waals surface area (Å²) in [6.45, 7) is 4.70. The Bertz CT molecular complexity index is 634. The molecular weight excluding hydrogens is 288 g/mol. The van der Waals surface area contributed by atoms with Gasteiger partial charge in [-0.2, -0.15) is 4.57 Å². The summed E-state index contributed by atoms with van der Waals surface area (Å²) in [5.74, 6) is 1.26. The molecule has 1 amide bonds. The molecule has 0 unspecified atom stereocenters. The van der Waals surface area contributed by atoms with Crippen molar-refractivity contribution in [2.75, 3.05) is 12.4 Å². The molecule has 122 valence electrons. The standard InChI is InChI=1S/C19H24N2O2/c1-4-15(5-2)16-9-11-21(12-10-16)14-19(22)20-17-7-6-8-18(13-17)23-3/h6-13,15H,4-5,14H2,1-3H3/p+1. The highest BCUT2D eigenvalue weighted by molar-refractivity contribution is 5.89. The van der Waals surface area contributed by atoms with Crippen molar-refractivity contribution < 1.29 is 14.1 Å². The van der Waals surface area contributed by atoms with Crippen molar-refractivity contribution in [2.24, 2.45) is 0 Å². The van der Waals surface area contributed by atoms with Crippen molar-refractivity contribution in [1.82, 2.24) is 0 Å². The average Bonchev–Trinajstić information content (AvgIpc) is 2.57. The molecule has 0 aliphatic carbocycles. The van der Waals surface area contributed by atoms with Gasteiger partial charge in [0.1, 0.15) is 5.75 Å². The maximum Gasteiger partial charge on any atom is 0.290 e. The monoisotopic (exact) mass is 313 g/mol. The molecule has 0 aliphatic heterocycles. The fourth-order valence-electron chi connectivity index (χ4n) is 2.67. The summed E-state index contributed by atoms with van der Waals surface area (Å²) < 4.78 is 7.05. The Morgan fingerprint density at radius 3 is 2.48 bits per heavy atom. The Labute approximate surface area is 138 Å². The number of nitrogens with one attached hydrogen (secondary N) is 1. The maximum absolute atomic E-state index is 12.1. The molecule has 1 aromatic heterocycles. The average molecular weight is 313 g/mol. The van der Waals surface area contributed by atoms with E-state index in [0.717, 1.165) is 24.3 Å². The highest BCUT2D eigenvalue weighted by atomic mass is 16.5. The second kappa shape index (κ2) is 8.32. The first-order valence-corrected chi connectivity index (χ1v) is 8.09. The lowest BCUT2D eigenvalue weighted by Crippen LogP contribution is -2.39. The van der Waals surface area contributed by atoms with Crippen molar-refractivity contribution in [3.63, 3.8) is 0 Å². The third-order valence-electron chi connectivity index (χ3n) is 4.05. The molecule has 0 aliphatic rings. The first-order chi connectivity index (χ1) is 11.2. The van der Waals surface area contributed by atoms with E-state index in [1.165, 1.54) is 5.56 Å². The van der Waals surface area contributed by atoms with Gasteiger partial charge in [0.2, 0.25) is 6.54 Å². The number of aromatic nitrogens is 1. The van der Waals surface area contributed by atoms with Crippen LogP contribution in [0.1, 0.15) is 38.2 Å². The van der Waals surface area contributed by atoms with E-state index in [2.05, 4.69) is 31.3 Å². The van der Waals surface area contributed by atoms with Crippen LogP contribution in [0.4, 0.5) is 5.69 Å². The van der Waals surface area contributed by atoms with Crippen LogP contribution >= 0.6 is 0 Å². The minimum atomic E-state index is -0.0569. The van der Waals surface area contributed by atoms with Crippen molar-refractivity contribution in [3.8, 4) is 5.75 Å². The van der Waals surface area contributed by atoms with Gasteiger partial charge in [0, 0.05) is 23.9 Å². The molecule has 4 nitrogen and oxygen atoms in total. The summed E-state index contributed by atoms with van der Waals surface area (Å²) in [7, 11) is 1.61. The first kappa shape index (κ1) is 17.0. The Morgan fingerprint density at radius 2 is 1.87 bits per heavy atom. The predicted molar refractivity (Wildman–Crippen MR) is 91.6 cm³/mol. The zero-order valence-electron chi connectivity index (χ0n) is 14.1. The van der Waals surface area contributed by atoms with Gasteiger partial charge in [0.05, 0.1) is 7.11 Å². The molecule has 2 aromatic rings. The van der Waals surface area contributed by atoms with Crippen LogP contribution in [0.2, 0.25) is 0 Å². The summed E-state index contributed by atoms with van der Waals surface area (Å²) in [6, 6.07) is 11.6. The molecule has 0 fully saturated rings. The minimum Gasteiger partial charge on any atom is -0.497 e. The van der Waals surface area contributed by atoms with Crippen molar-refractivity contribution in [1.29, 1.82) is 0 Å². The van der Waals surface area contributed by atoms with Crippen LogP contribution in [0, 0.1) is 0 Å². The lowest BCUT2D eigenvalue weighted by molar-refractivity contribution is -0.684. The quantitative estimate of drug-likeness (QED) is 0.795. The smallest absolute Gasteiger partial charge is 0.290 e. The van der Waals surface area contributed by atoms with Gasteiger partial charge in [0.15, 0.2) is 12.4 Å². The first-order valence-electron chi connectivity index (χ1n) is 8.09. The molecule has 0 spiro atoms. The molecule has 1 heterocycles. The van der Waals surface area contributed by atoms with Gasteiger partial charge in [0.25, 0.3) is 5.91 Å². The van der Waals surface area contributed by atoms with Gasteiger partial charge >= 0.3 is 0 Å². The number of ether oxygens (including phenoxy) is 1. The number of benzene rings is 1. The Kier molecular flexibility index (Phi) is 6.15. The lowest BCUT2D eigenvalue weighted by Gasteiger charge is -2.11. The third-order valence-corrected chi connectivity index (χ3v) is 4.05. The maximum atomic E-state index is 12.1. The summed E-state index contributed by atoms with van der Waals surface area (Å²) in [5, 5.41) is 2.89. The lowest BCUT2D eigenvalue weighted by atomic mass is 9.95. The molecular formula is C19H25N2O2+. The Morgan fingerprint density at radius 1 is 1.17 bits per heavy atom. The van der Waals surface area contributed by atoms with E-state index in [4.69, 9.17) is 4.74 Å². The van der Waals surface area contributed by atoms with Crippen LogP contribution in [0.25, 0.3) is 0 Å². The van der Waals surface area contributed by atoms with Crippen molar-refractivity contribution in [2.45, 2.75) is 39.2 Å². The second-order valence-corrected chi connectivity index (χ2v) is 5.60. The van der Waals surface area contributed by atoms with E-state index < -0.39 is 0 Å². The Hall–Kier alpha value is -2.36. The van der Waals surface area contributed by atoms with Crippen LogP contribution in [-0.4, -0.2) is 13.0 Å². The number of pyridine rings is 1. The minimum absolute atomic E-state index is 0.0569.